The van der Waals surface area contributed by atoms with E-state index in [1.165, 1.54) is 0 Å². The molecule has 3 nitrogen and oxygen atoms in total. The van der Waals surface area contributed by atoms with E-state index in [1.807, 2.05) is 12.3 Å². The zero-order valence-corrected chi connectivity index (χ0v) is 9.90. The molecule has 14 heavy (non-hydrogen) atoms. The number of hydrogen-bond donors (Lipinski definition) is 0. The van der Waals surface area contributed by atoms with E-state index in [2.05, 4.69) is 32.6 Å². The summed E-state index contributed by atoms with van der Waals surface area (Å²) in [6, 6.07) is 2.44. The lowest BCUT2D eigenvalue weighted by molar-refractivity contribution is 0.0492. The first-order valence-corrected chi connectivity index (χ1v) is 5.85. The van der Waals surface area contributed by atoms with Crippen LogP contribution < -0.4 is 0 Å². The molecule has 1 aliphatic heterocycles. The molecule has 0 bridgehead atoms. The van der Waals surface area contributed by atoms with Crippen LogP contribution in [-0.2, 0) is 4.74 Å². The smallest absolute Gasteiger partial charge is 0.104 e. The van der Waals surface area contributed by atoms with Crippen molar-refractivity contribution in [1.29, 1.82) is 0 Å². The van der Waals surface area contributed by atoms with Gasteiger partial charge in [0.2, 0.25) is 0 Å². The van der Waals surface area contributed by atoms with Crippen LogP contribution in [-0.4, -0.2) is 23.0 Å². The molecule has 1 aromatic rings. The molecular weight excluding hydrogens is 244 g/mol. The highest BCUT2D eigenvalue weighted by Crippen LogP contribution is 2.28. The summed E-state index contributed by atoms with van der Waals surface area (Å²) >= 11 is 3.50. The summed E-state index contributed by atoms with van der Waals surface area (Å²) in [7, 11) is 0. The molecule has 1 aromatic heterocycles. The lowest BCUT2D eigenvalue weighted by Crippen LogP contribution is -2.24. The summed E-state index contributed by atoms with van der Waals surface area (Å²) in [6.45, 7) is 4.02. The Kier molecular flexibility index (Phi) is 3.23. The van der Waals surface area contributed by atoms with Gasteiger partial charge in [0.15, 0.2) is 0 Å². The molecule has 1 atom stereocenters. The summed E-state index contributed by atoms with van der Waals surface area (Å²) in [5.41, 5.74) is 0. The molecule has 1 aliphatic rings. The van der Waals surface area contributed by atoms with Gasteiger partial charge in [-0.1, -0.05) is 0 Å². The molecule has 2 heterocycles. The van der Waals surface area contributed by atoms with Crippen molar-refractivity contribution < 1.29 is 4.74 Å². The van der Waals surface area contributed by atoms with Crippen LogP contribution in [0.5, 0.6) is 0 Å². The molecule has 0 amide bonds. The fraction of sp³-hybridized carbons (Fsp3) is 0.700. The summed E-state index contributed by atoms with van der Waals surface area (Å²) in [5, 5.41) is 4.32. The maximum Gasteiger partial charge on any atom is 0.104 e. The molecule has 2 rings (SSSR count). The van der Waals surface area contributed by atoms with Crippen molar-refractivity contribution in [3.05, 3.63) is 16.9 Å². The van der Waals surface area contributed by atoms with E-state index in [1.54, 1.807) is 0 Å². The topological polar surface area (TPSA) is 27.1 Å². The van der Waals surface area contributed by atoms with E-state index in [4.69, 9.17) is 4.74 Å². The molecule has 1 saturated heterocycles. The summed E-state index contributed by atoms with van der Waals surface area (Å²) in [4.78, 5) is 0. The van der Waals surface area contributed by atoms with Gasteiger partial charge in [-0.05, 0) is 47.7 Å². The molecule has 0 saturated carbocycles. The lowest BCUT2D eigenvalue weighted by atomic mass is 9.93. The first-order valence-electron chi connectivity index (χ1n) is 5.06. The van der Waals surface area contributed by atoms with Crippen molar-refractivity contribution in [3.8, 4) is 0 Å². The normalized spacial score (nSPS) is 21.0. The third kappa shape index (κ3) is 2.01. The van der Waals surface area contributed by atoms with Crippen LogP contribution in [0.3, 0.4) is 0 Å². The average molecular weight is 259 g/mol. The van der Waals surface area contributed by atoms with Crippen LogP contribution in [0.25, 0.3) is 0 Å². The Hall–Kier alpha value is -0.350. The summed E-state index contributed by atoms with van der Waals surface area (Å²) < 4.78 is 8.47. The van der Waals surface area contributed by atoms with Crippen molar-refractivity contribution in [2.24, 2.45) is 5.92 Å². The summed E-state index contributed by atoms with van der Waals surface area (Å²) in [6.07, 6.45) is 4.13. The molecule has 1 fully saturated rings. The van der Waals surface area contributed by atoms with E-state index >= 15 is 0 Å². The van der Waals surface area contributed by atoms with Gasteiger partial charge in [-0.15, -0.1) is 0 Å². The minimum absolute atomic E-state index is 0.461. The number of ether oxygens (including phenoxy) is 1. The number of aromatic nitrogens is 2. The van der Waals surface area contributed by atoms with Gasteiger partial charge in [-0.2, -0.15) is 5.10 Å². The molecule has 78 valence electrons. The highest BCUT2D eigenvalue weighted by atomic mass is 79.9. The number of nitrogens with zero attached hydrogens (tertiary/aromatic N) is 2. The van der Waals surface area contributed by atoms with Crippen molar-refractivity contribution in [3.63, 3.8) is 0 Å². The Bertz CT molecular complexity index is 294. The Morgan fingerprint density at radius 2 is 2.29 bits per heavy atom. The highest BCUT2D eigenvalue weighted by Gasteiger charge is 2.22. The van der Waals surface area contributed by atoms with Gasteiger partial charge in [0, 0.05) is 13.2 Å². The van der Waals surface area contributed by atoms with Crippen molar-refractivity contribution in [2.45, 2.75) is 25.8 Å². The van der Waals surface area contributed by atoms with Crippen molar-refractivity contribution in [1.82, 2.24) is 9.78 Å². The van der Waals surface area contributed by atoms with Crippen LogP contribution in [0.4, 0.5) is 0 Å². The van der Waals surface area contributed by atoms with Gasteiger partial charge in [0.25, 0.3) is 0 Å². The Morgan fingerprint density at radius 3 is 2.86 bits per heavy atom. The minimum Gasteiger partial charge on any atom is -0.381 e. The molecule has 0 radical (unpaired) electrons. The molecule has 0 aromatic carbocycles. The Labute approximate surface area is 92.6 Å². The molecular formula is C10H15BrN2O. The molecule has 4 heteroatoms. The van der Waals surface area contributed by atoms with Gasteiger partial charge in [0.1, 0.15) is 4.60 Å². The first kappa shape index (κ1) is 10.2. The van der Waals surface area contributed by atoms with Gasteiger partial charge < -0.3 is 4.74 Å². The maximum atomic E-state index is 5.36. The second-order valence-electron chi connectivity index (χ2n) is 3.79. The monoisotopic (exact) mass is 258 g/mol. The van der Waals surface area contributed by atoms with Gasteiger partial charge in [-0.3, -0.25) is 4.68 Å². The predicted octanol–water partition coefficient (Wildman–Crippen LogP) is 2.63. The zero-order valence-electron chi connectivity index (χ0n) is 8.32. The number of hydrogen-bond acceptors (Lipinski definition) is 2. The summed E-state index contributed by atoms with van der Waals surface area (Å²) in [5.74, 6) is 0.694. The van der Waals surface area contributed by atoms with E-state index < -0.39 is 0 Å². The number of halogens is 1. The van der Waals surface area contributed by atoms with Gasteiger partial charge in [-0.25, -0.2) is 0 Å². The second-order valence-corrected chi connectivity index (χ2v) is 4.60. The average Bonchev–Trinajstić information content (AvgIpc) is 2.65. The predicted molar refractivity (Wildman–Crippen MR) is 58.2 cm³/mol. The SMILES string of the molecule is CC(C1CCOCC1)n1nccc1Br. The second kappa shape index (κ2) is 4.45. The Balaban J connectivity index is 2.07. The van der Waals surface area contributed by atoms with Crippen LogP contribution in [0.1, 0.15) is 25.8 Å². The van der Waals surface area contributed by atoms with Gasteiger partial charge in [0.05, 0.1) is 12.2 Å². The minimum atomic E-state index is 0.461. The fourth-order valence-corrected chi connectivity index (χ4v) is 2.53. The van der Waals surface area contributed by atoms with Crippen molar-refractivity contribution >= 4 is 15.9 Å². The van der Waals surface area contributed by atoms with E-state index in [0.29, 0.717) is 12.0 Å². The van der Waals surface area contributed by atoms with Crippen LogP contribution in [0.15, 0.2) is 16.9 Å². The lowest BCUT2D eigenvalue weighted by Gasteiger charge is -2.28. The van der Waals surface area contributed by atoms with Crippen LogP contribution in [0, 0.1) is 5.92 Å². The van der Waals surface area contributed by atoms with Crippen molar-refractivity contribution in [2.75, 3.05) is 13.2 Å². The molecule has 0 spiro atoms. The van der Waals surface area contributed by atoms with E-state index in [0.717, 1.165) is 30.7 Å². The first-order chi connectivity index (χ1) is 6.79. The molecule has 0 aliphatic carbocycles. The van der Waals surface area contributed by atoms with E-state index in [-0.39, 0.29) is 0 Å². The van der Waals surface area contributed by atoms with Crippen LogP contribution in [0.2, 0.25) is 0 Å². The van der Waals surface area contributed by atoms with Crippen LogP contribution >= 0.6 is 15.9 Å². The maximum absolute atomic E-state index is 5.36. The fourth-order valence-electron chi connectivity index (χ4n) is 2.00. The van der Waals surface area contributed by atoms with E-state index in [9.17, 15) is 0 Å². The Morgan fingerprint density at radius 1 is 1.57 bits per heavy atom. The largest absolute Gasteiger partial charge is 0.381 e. The third-order valence-electron chi connectivity index (χ3n) is 2.96. The zero-order chi connectivity index (χ0) is 9.97. The molecule has 1 unspecified atom stereocenters. The standard InChI is InChI=1S/C10H15BrN2O/c1-8(9-3-6-14-7-4-9)13-10(11)2-5-12-13/h2,5,8-9H,3-4,6-7H2,1H3. The third-order valence-corrected chi connectivity index (χ3v) is 3.58. The quantitative estimate of drug-likeness (QED) is 0.816. The molecule has 0 N–H and O–H groups in total. The highest BCUT2D eigenvalue weighted by molar-refractivity contribution is 9.10. The van der Waals surface area contributed by atoms with Gasteiger partial charge >= 0.3 is 0 Å². The number of rotatable bonds is 2.